The van der Waals surface area contributed by atoms with Crippen LogP contribution in [0.1, 0.15) is 18.3 Å². The maximum absolute atomic E-state index is 12.1. The summed E-state index contributed by atoms with van der Waals surface area (Å²) in [7, 11) is 1.89. The summed E-state index contributed by atoms with van der Waals surface area (Å²) in [5, 5.41) is 11.2. The molecule has 1 aromatic rings. The van der Waals surface area contributed by atoms with E-state index in [9.17, 15) is 4.79 Å². The predicted octanol–water partition coefficient (Wildman–Crippen LogP) is 0.292. The minimum Gasteiger partial charge on any atom is -0.355 e. The van der Waals surface area contributed by atoms with Crippen LogP contribution in [-0.2, 0) is 18.4 Å². The molecule has 1 amide bonds. The lowest BCUT2D eigenvalue weighted by atomic mass is 10.1. The molecule has 1 aliphatic heterocycles. The lowest BCUT2D eigenvalue weighted by molar-refractivity contribution is -0.127. The summed E-state index contributed by atoms with van der Waals surface area (Å²) < 4.78 is 1.80. The second-order valence-electron chi connectivity index (χ2n) is 5.05. The highest BCUT2D eigenvalue weighted by Gasteiger charge is 2.29. The maximum Gasteiger partial charge on any atom is 0.238 e. The van der Waals surface area contributed by atoms with Crippen LogP contribution >= 0.6 is 11.6 Å². The molecule has 0 aromatic carbocycles. The quantitative estimate of drug-likeness (QED) is 0.839. The highest BCUT2D eigenvalue weighted by Crippen LogP contribution is 2.22. The molecule has 2 heterocycles. The second kappa shape index (κ2) is 6.56. The molecule has 2 rings (SSSR count). The topological polar surface area (TPSA) is 62.2 Å². The molecule has 1 atom stereocenters. The fraction of sp³-hybridized carbons (Fsp3) is 0.692. The Balaban J connectivity index is 2.14. The van der Waals surface area contributed by atoms with Gasteiger partial charge in [-0.2, -0.15) is 5.10 Å². The Morgan fingerprint density at radius 3 is 2.95 bits per heavy atom. The van der Waals surface area contributed by atoms with E-state index in [1.165, 1.54) is 0 Å². The third-order valence-electron chi connectivity index (χ3n) is 3.62. The minimum atomic E-state index is -0.157. The number of hydrogen-bond acceptors (Lipinski definition) is 4. The minimum absolute atomic E-state index is 0.0645. The monoisotopic (exact) mass is 299 g/mol. The number of likely N-dealkylation sites (N-methyl/N-ethyl adjacent to an activating group) is 1. The van der Waals surface area contributed by atoms with Crippen LogP contribution < -0.4 is 10.6 Å². The van der Waals surface area contributed by atoms with Crippen molar-refractivity contribution >= 4 is 17.5 Å². The van der Waals surface area contributed by atoms with Gasteiger partial charge in [0, 0.05) is 39.8 Å². The van der Waals surface area contributed by atoms with Gasteiger partial charge in [0.1, 0.15) is 6.04 Å². The number of piperazine rings is 1. The van der Waals surface area contributed by atoms with Crippen LogP contribution in [0.5, 0.6) is 0 Å². The van der Waals surface area contributed by atoms with Crippen molar-refractivity contribution in [3.63, 3.8) is 0 Å². The number of carbonyl (C=O) groups is 1. The summed E-state index contributed by atoms with van der Waals surface area (Å²) in [5.41, 5.74) is 1.79. The van der Waals surface area contributed by atoms with Crippen molar-refractivity contribution in [2.24, 2.45) is 7.05 Å². The van der Waals surface area contributed by atoms with E-state index in [2.05, 4.69) is 20.6 Å². The molecule has 6 nitrogen and oxygen atoms in total. The van der Waals surface area contributed by atoms with Gasteiger partial charge in [-0.05, 0) is 13.8 Å². The smallest absolute Gasteiger partial charge is 0.238 e. The molecule has 1 saturated heterocycles. The van der Waals surface area contributed by atoms with E-state index in [-0.39, 0.29) is 11.9 Å². The van der Waals surface area contributed by atoms with Crippen molar-refractivity contribution < 1.29 is 4.79 Å². The Hall–Kier alpha value is -1.11. The fourth-order valence-electron chi connectivity index (χ4n) is 2.53. The Morgan fingerprint density at radius 1 is 1.60 bits per heavy atom. The largest absolute Gasteiger partial charge is 0.355 e. The van der Waals surface area contributed by atoms with Crippen molar-refractivity contribution in [2.45, 2.75) is 26.4 Å². The third-order valence-corrected chi connectivity index (χ3v) is 4.11. The van der Waals surface area contributed by atoms with Crippen molar-refractivity contribution in [3.8, 4) is 0 Å². The molecule has 0 radical (unpaired) electrons. The number of hydrogen-bond donors (Lipinski definition) is 2. The van der Waals surface area contributed by atoms with Gasteiger partial charge in [0.25, 0.3) is 0 Å². The Morgan fingerprint density at radius 2 is 2.35 bits per heavy atom. The lowest BCUT2D eigenvalue weighted by Gasteiger charge is -2.35. The van der Waals surface area contributed by atoms with Crippen LogP contribution in [-0.4, -0.2) is 52.8 Å². The zero-order valence-corrected chi connectivity index (χ0v) is 13.0. The standard InChI is InChI=1S/C13H22ClN5O/c1-4-16-13(20)10-7-15-5-6-19(10)8-11-12(14)9(2)17-18(11)3/h10,15H,4-8H2,1-3H3,(H,16,20). The van der Waals surface area contributed by atoms with Gasteiger partial charge in [-0.25, -0.2) is 0 Å². The van der Waals surface area contributed by atoms with E-state index in [0.717, 1.165) is 24.5 Å². The summed E-state index contributed by atoms with van der Waals surface area (Å²) in [6, 6.07) is -0.157. The third kappa shape index (κ3) is 3.13. The number of nitrogens with zero attached hydrogens (tertiary/aromatic N) is 3. The zero-order chi connectivity index (χ0) is 14.7. The van der Waals surface area contributed by atoms with E-state index < -0.39 is 0 Å². The van der Waals surface area contributed by atoms with Crippen LogP contribution in [0.4, 0.5) is 0 Å². The molecule has 7 heteroatoms. The first-order valence-electron chi connectivity index (χ1n) is 6.95. The maximum atomic E-state index is 12.1. The molecule has 0 saturated carbocycles. The number of nitrogens with one attached hydrogen (secondary N) is 2. The highest BCUT2D eigenvalue weighted by molar-refractivity contribution is 6.31. The van der Waals surface area contributed by atoms with Crippen LogP contribution in [0.25, 0.3) is 0 Å². The molecular formula is C13H22ClN5O. The number of amides is 1. The number of carbonyl (C=O) groups excluding carboxylic acids is 1. The molecule has 1 aromatic heterocycles. The van der Waals surface area contributed by atoms with Gasteiger partial charge in [0.2, 0.25) is 5.91 Å². The Kier molecular flexibility index (Phi) is 5.01. The molecular weight excluding hydrogens is 278 g/mol. The first-order chi connectivity index (χ1) is 9.54. The average molecular weight is 300 g/mol. The summed E-state index contributed by atoms with van der Waals surface area (Å²) in [6.45, 7) is 7.48. The number of halogens is 1. The highest BCUT2D eigenvalue weighted by atomic mass is 35.5. The van der Waals surface area contributed by atoms with Gasteiger partial charge in [-0.15, -0.1) is 0 Å². The van der Waals surface area contributed by atoms with Crippen molar-refractivity contribution in [1.82, 2.24) is 25.3 Å². The zero-order valence-electron chi connectivity index (χ0n) is 12.2. The molecule has 1 unspecified atom stereocenters. The molecule has 2 N–H and O–H groups in total. The summed E-state index contributed by atoms with van der Waals surface area (Å²) in [6.07, 6.45) is 0. The SMILES string of the molecule is CCNC(=O)C1CNCCN1Cc1c(Cl)c(C)nn1C. The van der Waals surface area contributed by atoms with Gasteiger partial charge in [-0.1, -0.05) is 11.6 Å². The molecule has 0 bridgehead atoms. The average Bonchev–Trinajstić information content (AvgIpc) is 2.66. The van der Waals surface area contributed by atoms with Crippen LogP contribution in [0.2, 0.25) is 5.02 Å². The van der Waals surface area contributed by atoms with Gasteiger partial charge >= 0.3 is 0 Å². The number of aromatic nitrogens is 2. The summed E-state index contributed by atoms with van der Waals surface area (Å²) >= 11 is 6.30. The van der Waals surface area contributed by atoms with Gasteiger partial charge in [0.05, 0.1) is 16.4 Å². The first-order valence-corrected chi connectivity index (χ1v) is 7.32. The predicted molar refractivity (Wildman–Crippen MR) is 78.7 cm³/mol. The fourth-order valence-corrected chi connectivity index (χ4v) is 2.75. The van der Waals surface area contributed by atoms with E-state index in [1.807, 2.05) is 20.9 Å². The lowest BCUT2D eigenvalue weighted by Crippen LogP contribution is -2.57. The van der Waals surface area contributed by atoms with Gasteiger partial charge in [-0.3, -0.25) is 14.4 Å². The van der Waals surface area contributed by atoms with E-state index in [1.54, 1.807) is 4.68 Å². The van der Waals surface area contributed by atoms with Crippen LogP contribution in [0.15, 0.2) is 0 Å². The molecule has 112 valence electrons. The molecule has 1 aliphatic rings. The first kappa shape index (κ1) is 15.3. The van der Waals surface area contributed by atoms with Crippen molar-refractivity contribution in [1.29, 1.82) is 0 Å². The van der Waals surface area contributed by atoms with Crippen molar-refractivity contribution in [3.05, 3.63) is 16.4 Å². The Labute approximate surface area is 124 Å². The van der Waals surface area contributed by atoms with Crippen LogP contribution in [0, 0.1) is 6.92 Å². The molecule has 0 aliphatic carbocycles. The molecule has 1 fully saturated rings. The number of rotatable bonds is 4. The van der Waals surface area contributed by atoms with Crippen LogP contribution in [0.3, 0.4) is 0 Å². The van der Waals surface area contributed by atoms with Crippen molar-refractivity contribution in [2.75, 3.05) is 26.2 Å². The van der Waals surface area contributed by atoms with E-state index in [0.29, 0.717) is 24.7 Å². The summed E-state index contributed by atoms with van der Waals surface area (Å²) in [4.78, 5) is 14.3. The molecule has 0 spiro atoms. The van der Waals surface area contributed by atoms with Gasteiger partial charge < -0.3 is 10.6 Å². The normalized spacial score (nSPS) is 20.1. The van der Waals surface area contributed by atoms with E-state index >= 15 is 0 Å². The summed E-state index contributed by atoms with van der Waals surface area (Å²) in [5.74, 6) is 0.0645. The number of aryl methyl sites for hydroxylation is 2. The Bertz CT molecular complexity index is 487. The van der Waals surface area contributed by atoms with Gasteiger partial charge in [0.15, 0.2) is 0 Å². The second-order valence-corrected chi connectivity index (χ2v) is 5.43. The van der Waals surface area contributed by atoms with E-state index in [4.69, 9.17) is 11.6 Å². The molecule has 20 heavy (non-hydrogen) atoms.